The van der Waals surface area contributed by atoms with Crippen molar-refractivity contribution in [3.8, 4) is 11.4 Å². The maximum atomic E-state index is 13.0. The average Bonchev–Trinajstić information content (AvgIpc) is 3.09. The van der Waals surface area contributed by atoms with Crippen LogP contribution in [0.15, 0.2) is 30.7 Å². The summed E-state index contributed by atoms with van der Waals surface area (Å²) in [6, 6.07) is 3.85. The number of alkyl halides is 2. The molecule has 1 saturated carbocycles. The zero-order valence-corrected chi connectivity index (χ0v) is 15.4. The lowest BCUT2D eigenvalue weighted by Crippen LogP contribution is -2.40. The Kier molecular flexibility index (Phi) is 4.00. The van der Waals surface area contributed by atoms with Gasteiger partial charge in [-0.15, -0.1) is 0 Å². The number of carbonyl (C=O) groups excluding carboxylic acids is 1. The number of halogens is 2. The lowest BCUT2D eigenvalue weighted by molar-refractivity contribution is -0.147. The third-order valence-corrected chi connectivity index (χ3v) is 5.79. The van der Waals surface area contributed by atoms with Crippen LogP contribution in [0.1, 0.15) is 37.2 Å². The average molecular weight is 382 g/mol. The molecule has 3 aromatic heterocycles. The number of pyridine rings is 2. The number of nitrogens with zero attached hydrogens (tertiary/aromatic N) is 4. The van der Waals surface area contributed by atoms with Crippen LogP contribution in [0.2, 0.25) is 0 Å². The molecule has 2 aliphatic rings. The van der Waals surface area contributed by atoms with Gasteiger partial charge < -0.3 is 4.57 Å². The number of fused-ring (bicyclic) bond motifs is 2. The van der Waals surface area contributed by atoms with Crippen molar-refractivity contribution >= 4 is 16.6 Å². The summed E-state index contributed by atoms with van der Waals surface area (Å²) in [6.45, 7) is 0.951. The van der Waals surface area contributed by atoms with Gasteiger partial charge in [-0.05, 0) is 30.4 Å². The van der Waals surface area contributed by atoms with E-state index >= 15 is 0 Å². The Labute approximate surface area is 160 Å². The molecule has 7 heteroatoms. The number of carbonyl (C=O) groups is 1. The van der Waals surface area contributed by atoms with Gasteiger partial charge in [0.25, 0.3) is 0 Å². The molecular formula is C21H20F2N4O. The molecule has 0 spiro atoms. The summed E-state index contributed by atoms with van der Waals surface area (Å²) in [5, 5.41) is 1.82. The van der Waals surface area contributed by atoms with Gasteiger partial charge in [0, 0.05) is 61.6 Å². The summed E-state index contributed by atoms with van der Waals surface area (Å²) in [5.41, 5.74) is 2.46. The Hall–Kier alpha value is -2.70. The van der Waals surface area contributed by atoms with E-state index in [4.69, 9.17) is 0 Å². The fourth-order valence-corrected chi connectivity index (χ4v) is 4.15. The fraction of sp³-hybridized carbons (Fsp3) is 0.429. The summed E-state index contributed by atoms with van der Waals surface area (Å²) in [5.74, 6) is -2.28. The minimum atomic E-state index is -2.68. The van der Waals surface area contributed by atoms with Crippen LogP contribution in [-0.4, -0.2) is 31.2 Å². The van der Waals surface area contributed by atoms with Crippen molar-refractivity contribution in [2.45, 2.75) is 51.0 Å². The molecule has 0 saturated heterocycles. The molecule has 0 radical (unpaired) electrons. The first-order valence-corrected chi connectivity index (χ1v) is 9.68. The van der Waals surface area contributed by atoms with E-state index in [1.807, 2.05) is 18.3 Å². The van der Waals surface area contributed by atoms with Crippen LogP contribution in [-0.2, 0) is 24.2 Å². The Balaban J connectivity index is 1.42. The van der Waals surface area contributed by atoms with Crippen LogP contribution >= 0.6 is 0 Å². The molecule has 0 atom stereocenters. The SMILES string of the molecule is O=C(Cc1cc2cc(-c3cnc4n3CCCC4)ncc2cn1)C1CC(F)(F)C1. The highest BCUT2D eigenvalue weighted by molar-refractivity contribution is 5.87. The van der Waals surface area contributed by atoms with Crippen molar-refractivity contribution in [2.75, 3.05) is 0 Å². The van der Waals surface area contributed by atoms with Crippen molar-refractivity contribution in [2.24, 2.45) is 5.92 Å². The highest BCUT2D eigenvalue weighted by Crippen LogP contribution is 2.43. The molecule has 5 nitrogen and oxygen atoms in total. The first-order chi connectivity index (χ1) is 13.5. The monoisotopic (exact) mass is 382 g/mol. The van der Waals surface area contributed by atoms with Gasteiger partial charge in [0.2, 0.25) is 5.92 Å². The largest absolute Gasteiger partial charge is 0.327 e. The molecule has 1 aliphatic heterocycles. The van der Waals surface area contributed by atoms with E-state index in [9.17, 15) is 13.6 Å². The second-order valence-corrected chi connectivity index (χ2v) is 7.86. The van der Waals surface area contributed by atoms with Gasteiger partial charge >= 0.3 is 0 Å². The fourth-order valence-electron chi connectivity index (χ4n) is 4.15. The van der Waals surface area contributed by atoms with Gasteiger partial charge in [0.1, 0.15) is 11.6 Å². The molecule has 0 unspecified atom stereocenters. The third kappa shape index (κ3) is 3.08. The predicted octanol–water partition coefficient (Wildman–Crippen LogP) is 3.99. The van der Waals surface area contributed by atoms with Crippen LogP contribution in [0.4, 0.5) is 8.78 Å². The van der Waals surface area contributed by atoms with E-state index in [0.29, 0.717) is 5.69 Å². The Morgan fingerprint density at radius 3 is 2.71 bits per heavy atom. The molecule has 1 fully saturated rings. The Morgan fingerprint density at radius 1 is 1.07 bits per heavy atom. The quantitative estimate of drug-likeness (QED) is 0.685. The molecule has 3 aromatic rings. The van der Waals surface area contributed by atoms with Gasteiger partial charge in [0.05, 0.1) is 17.6 Å². The van der Waals surface area contributed by atoms with Gasteiger partial charge in [-0.2, -0.15) is 0 Å². The smallest absolute Gasteiger partial charge is 0.249 e. The first kappa shape index (κ1) is 17.4. The normalized spacial score (nSPS) is 18.6. The lowest BCUT2D eigenvalue weighted by Gasteiger charge is -2.33. The molecule has 0 aromatic carbocycles. The van der Waals surface area contributed by atoms with Crippen molar-refractivity contribution in [3.63, 3.8) is 0 Å². The summed E-state index contributed by atoms with van der Waals surface area (Å²) in [4.78, 5) is 25.6. The van der Waals surface area contributed by atoms with Crippen molar-refractivity contribution in [1.82, 2.24) is 19.5 Å². The minimum Gasteiger partial charge on any atom is -0.327 e. The van der Waals surface area contributed by atoms with Gasteiger partial charge in [-0.25, -0.2) is 13.8 Å². The van der Waals surface area contributed by atoms with Crippen molar-refractivity contribution < 1.29 is 13.6 Å². The van der Waals surface area contributed by atoms with Crippen LogP contribution in [0.25, 0.3) is 22.2 Å². The van der Waals surface area contributed by atoms with Crippen molar-refractivity contribution in [1.29, 1.82) is 0 Å². The summed E-state index contributed by atoms with van der Waals surface area (Å²) in [6.07, 6.45) is 8.06. The number of rotatable bonds is 4. The first-order valence-electron chi connectivity index (χ1n) is 9.68. The van der Waals surface area contributed by atoms with Gasteiger partial charge in [0.15, 0.2) is 0 Å². The molecule has 4 heterocycles. The maximum Gasteiger partial charge on any atom is 0.249 e. The molecule has 5 rings (SSSR count). The van der Waals surface area contributed by atoms with Crippen LogP contribution in [0.5, 0.6) is 0 Å². The van der Waals surface area contributed by atoms with E-state index in [-0.39, 0.29) is 25.0 Å². The number of imidazole rings is 1. The van der Waals surface area contributed by atoms with E-state index in [1.54, 1.807) is 12.4 Å². The number of Topliss-reactive ketones (excluding diaryl/α,β-unsaturated/α-hetero) is 1. The Bertz CT molecular complexity index is 1070. The lowest BCUT2D eigenvalue weighted by atomic mass is 9.77. The van der Waals surface area contributed by atoms with Gasteiger partial charge in [-0.1, -0.05) is 0 Å². The number of hydrogen-bond donors (Lipinski definition) is 0. The summed E-state index contributed by atoms with van der Waals surface area (Å²) < 4.78 is 28.2. The zero-order chi connectivity index (χ0) is 19.3. The second kappa shape index (κ2) is 6.43. The van der Waals surface area contributed by atoms with Crippen molar-refractivity contribution in [3.05, 3.63) is 42.2 Å². The standard InChI is InChI=1S/C21H20F2N4O/c22-21(23)8-14(9-21)19(28)7-16-5-13-6-17(25-11-15(13)10-24-16)18-12-26-20-3-1-2-4-27(18)20/h5-6,10-12,14H,1-4,7-9H2. The second-order valence-electron chi connectivity index (χ2n) is 7.86. The van der Waals surface area contributed by atoms with E-state index in [0.717, 1.165) is 53.8 Å². The van der Waals surface area contributed by atoms with E-state index in [2.05, 4.69) is 19.5 Å². The van der Waals surface area contributed by atoms with Gasteiger partial charge in [-0.3, -0.25) is 14.8 Å². The number of ketones is 1. The van der Waals surface area contributed by atoms with E-state index < -0.39 is 11.8 Å². The molecule has 28 heavy (non-hydrogen) atoms. The maximum absolute atomic E-state index is 13.0. The molecule has 0 bridgehead atoms. The minimum absolute atomic E-state index is 0.0937. The topological polar surface area (TPSA) is 60.7 Å². The predicted molar refractivity (Wildman–Crippen MR) is 100 cm³/mol. The highest BCUT2D eigenvalue weighted by atomic mass is 19.3. The number of hydrogen-bond acceptors (Lipinski definition) is 4. The Morgan fingerprint density at radius 2 is 1.89 bits per heavy atom. The number of aromatic nitrogens is 4. The van der Waals surface area contributed by atoms with Crippen LogP contribution in [0, 0.1) is 5.92 Å². The highest BCUT2D eigenvalue weighted by Gasteiger charge is 2.48. The number of aryl methyl sites for hydroxylation is 1. The molecule has 0 N–H and O–H groups in total. The van der Waals surface area contributed by atoms with E-state index in [1.165, 1.54) is 0 Å². The molecule has 0 amide bonds. The summed E-state index contributed by atoms with van der Waals surface area (Å²) >= 11 is 0. The van der Waals surface area contributed by atoms with Crippen LogP contribution < -0.4 is 0 Å². The zero-order valence-electron chi connectivity index (χ0n) is 15.4. The summed E-state index contributed by atoms with van der Waals surface area (Å²) in [7, 11) is 0. The molecule has 1 aliphatic carbocycles. The molecule has 144 valence electrons. The third-order valence-electron chi connectivity index (χ3n) is 5.79. The van der Waals surface area contributed by atoms with Crippen LogP contribution in [0.3, 0.4) is 0 Å². The molecular weight excluding hydrogens is 362 g/mol.